The van der Waals surface area contributed by atoms with Crippen molar-refractivity contribution in [3.8, 4) is 0 Å². The van der Waals surface area contributed by atoms with E-state index in [9.17, 15) is 19.5 Å². The summed E-state index contributed by atoms with van der Waals surface area (Å²) in [7, 11) is 0. The van der Waals surface area contributed by atoms with Crippen molar-refractivity contribution in [2.45, 2.75) is 70.3 Å². The van der Waals surface area contributed by atoms with Gasteiger partial charge < -0.3 is 14.7 Å². The molecule has 0 bridgehead atoms. The van der Waals surface area contributed by atoms with E-state index in [0.29, 0.717) is 12.8 Å². The van der Waals surface area contributed by atoms with E-state index in [1.54, 1.807) is 20.8 Å². The molecule has 0 aliphatic carbocycles. The van der Waals surface area contributed by atoms with Gasteiger partial charge in [-0.3, -0.25) is 9.69 Å². The lowest BCUT2D eigenvalue weighted by atomic mass is 9.93. The third-order valence-electron chi connectivity index (χ3n) is 6.28. The van der Waals surface area contributed by atoms with Crippen LogP contribution in [0.5, 0.6) is 0 Å². The van der Waals surface area contributed by atoms with Gasteiger partial charge in [0.25, 0.3) is 0 Å². The molecule has 2 aliphatic heterocycles. The lowest BCUT2D eigenvalue weighted by Crippen LogP contribution is -2.55. The van der Waals surface area contributed by atoms with Crippen LogP contribution in [0.3, 0.4) is 0 Å². The minimum absolute atomic E-state index is 0.209. The van der Waals surface area contributed by atoms with Gasteiger partial charge in [0.2, 0.25) is 5.91 Å². The number of benzene rings is 2. The van der Waals surface area contributed by atoms with Crippen LogP contribution in [-0.4, -0.2) is 50.6 Å². The van der Waals surface area contributed by atoms with Gasteiger partial charge in [-0.1, -0.05) is 54.6 Å². The first-order valence-corrected chi connectivity index (χ1v) is 11.3. The number of likely N-dealkylation sites (tertiary alicyclic amines) is 1. The fraction of sp³-hybridized carbons (Fsp3) is 0.423. The van der Waals surface area contributed by atoms with Crippen molar-refractivity contribution in [1.82, 2.24) is 9.80 Å². The first kappa shape index (κ1) is 22.8. The Bertz CT molecular complexity index is 1050. The van der Waals surface area contributed by atoms with Gasteiger partial charge >= 0.3 is 12.1 Å². The van der Waals surface area contributed by atoms with Crippen molar-refractivity contribution in [3.63, 3.8) is 0 Å². The smallest absolute Gasteiger partial charge is 0.411 e. The van der Waals surface area contributed by atoms with Crippen LogP contribution < -0.4 is 0 Å². The number of rotatable bonds is 3. The molecule has 33 heavy (non-hydrogen) atoms. The Labute approximate surface area is 193 Å². The summed E-state index contributed by atoms with van der Waals surface area (Å²) in [5.74, 6) is -1.39. The molecule has 2 aliphatic rings. The fourth-order valence-corrected chi connectivity index (χ4v) is 4.79. The Morgan fingerprint density at radius 1 is 0.909 bits per heavy atom. The molecule has 7 heteroatoms. The number of hydrogen-bond acceptors (Lipinski definition) is 4. The number of ether oxygens (including phenoxy) is 1. The summed E-state index contributed by atoms with van der Waals surface area (Å²) in [6, 6.07) is 15.1. The van der Waals surface area contributed by atoms with Gasteiger partial charge in [-0.25, -0.2) is 9.59 Å². The second kappa shape index (κ2) is 8.89. The van der Waals surface area contributed by atoms with Gasteiger partial charge in [0.1, 0.15) is 17.7 Å². The van der Waals surface area contributed by atoms with E-state index in [4.69, 9.17) is 4.74 Å². The molecule has 1 fully saturated rings. The van der Waals surface area contributed by atoms with Crippen molar-refractivity contribution >= 4 is 18.0 Å². The molecule has 2 aromatic carbocycles. The Morgan fingerprint density at radius 3 is 2.18 bits per heavy atom. The average Bonchev–Trinajstić information content (AvgIpc) is 3.22. The molecule has 7 nitrogen and oxygen atoms in total. The molecule has 2 heterocycles. The zero-order valence-corrected chi connectivity index (χ0v) is 19.2. The van der Waals surface area contributed by atoms with Crippen LogP contribution in [0.25, 0.3) is 0 Å². The standard InChI is InChI=1S/C26H30N2O5/c1-26(2,3)33-25(32)28-20(17-9-5-4-6-10-17)13-14-21(28)23(29)27-16-19-12-8-7-11-18(19)15-22(27)24(30)31/h4-12,20-22H,13-16H2,1-3H3,(H,30,31)/t20-,21+,22+/m0/s1. The maximum atomic E-state index is 13.8. The molecule has 4 rings (SSSR count). The van der Waals surface area contributed by atoms with E-state index in [1.807, 2.05) is 54.6 Å². The van der Waals surface area contributed by atoms with Gasteiger partial charge in [-0.15, -0.1) is 0 Å². The minimum Gasteiger partial charge on any atom is -0.480 e. The van der Waals surface area contributed by atoms with Crippen LogP contribution >= 0.6 is 0 Å². The van der Waals surface area contributed by atoms with Crippen LogP contribution in [-0.2, 0) is 27.3 Å². The Balaban J connectivity index is 1.67. The summed E-state index contributed by atoms with van der Waals surface area (Å²) < 4.78 is 5.67. The van der Waals surface area contributed by atoms with E-state index in [1.165, 1.54) is 9.80 Å². The molecule has 0 spiro atoms. The van der Waals surface area contributed by atoms with Gasteiger partial charge in [0.05, 0.1) is 6.04 Å². The first-order valence-electron chi connectivity index (χ1n) is 11.3. The largest absolute Gasteiger partial charge is 0.480 e. The van der Waals surface area contributed by atoms with Gasteiger partial charge in [0, 0.05) is 13.0 Å². The molecule has 0 aromatic heterocycles. The Morgan fingerprint density at radius 2 is 1.55 bits per heavy atom. The molecule has 2 aromatic rings. The molecule has 0 unspecified atom stereocenters. The maximum Gasteiger partial charge on any atom is 0.411 e. The molecular weight excluding hydrogens is 420 g/mol. The number of hydrogen-bond donors (Lipinski definition) is 1. The number of carbonyl (C=O) groups excluding carboxylic acids is 2. The highest BCUT2D eigenvalue weighted by atomic mass is 16.6. The predicted octanol–water partition coefficient (Wildman–Crippen LogP) is 4.17. The predicted molar refractivity (Wildman–Crippen MR) is 122 cm³/mol. The van der Waals surface area contributed by atoms with E-state index in [2.05, 4.69) is 0 Å². The third-order valence-corrected chi connectivity index (χ3v) is 6.28. The van der Waals surface area contributed by atoms with Crippen molar-refractivity contribution in [2.75, 3.05) is 0 Å². The van der Waals surface area contributed by atoms with E-state index in [-0.39, 0.29) is 24.9 Å². The highest BCUT2D eigenvalue weighted by Crippen LogP contribution is 2.39. The summed E-state index contributed by atoms with van der Waals surface area (Å²) >= 11 is 0. The molecule has 0 radical (unpaired) electrons. The minimum atomic E-state index is -1.04. The van der Waals surface area contributed by atoms with E-state index >= 15 is 0 Å². The van der Waals surface area contributed by atoms with Crippen LogP contribution in [0.2, 0.25) is 0 Å². The van der Waals surface area contributed by atoms with Crippen LogP contribution in [0.4, 0.5) is 4.79 Å². The number of amides is 2. The molecule has 2 amide bonds. The number of carboxylic acid groups (broad SMARTS) is 1. The Hall–Kier alpha value is -3.35. The number of carboxylic acids is 1. The summed E-state index contributed by atoms with van der Waals surface area (Å²) in [6.45, 7) is 5.58. The monoisotopic (exact) mass is 450 g/mol. The molecule has 1 saturated heterocycles. The lowest BCUT2D eigenvalue weighted by molar-refractivity contribution is -0.153. The SMILES string of the molecule is CC(C)(C)OC(=O)N1[C@@H](C(=O)N2Cc3ccccc3C[C@@H]2C(=O)O)CC[C@H]1c1ccccc1. The summed E-state index contributed by atoms with van der Waals surface area (Å²) in [4.78, 5) is 42.1. The van der Waals surface area contributed by atoms with E-state index < -0.39 is 29.7 Å². The first-order chi connectivity index (χ1) is 15.7. The highest BCUT2D eigenvalue weighted by Gasteiger charge is 2.47. The van der Waals surface area contributed by atoms with Gasteiger partial charge in [-0.05, 0) is 50.3 Å². The number of nitrogens with zero attached hydrogens (tertiary/aromatic N) is 2. The maximum absolute atomic E-state index is 13.8. The second-order valence-corrected chi connectivity index (χ2v) is 9.70. The van der Waals surface area contributed by atoms with Crippen molar-refractivity contribution < 1.29 is 24.2 Å². The van der Waals surface area contributed by atoms with Crippen molar-refractivity contribution in [1.29, 1.82) is 0 Å². The second-order valence-electron chi connectivity index (χ2n) is 9.70. The van der Waals surface area contributed by atoms with Crippen LogP contribution in [0, 0.1) is 0 Å². The van der Waals surface area contributed by atoms with Gasteiger partial charge in [0.15, 0.2) is 0 Å². The average molecular weight is 451 g/mol. The zero-order valence-electron chi connectivity index (χ0n) is 19.2. The fourth-order valence-electron chi connectivity index (χ4n) is 4.79. The third kappa shape index (κ3) is 4.72. The molecule has 3 atom stereocenters. The quantitative estimate of drug-likeness (QED) is 0.759. The summed E-state index contributed by atoms with van der Waals surface area (Å²) in [5, 5.41) is 9.88. The summed E-state index contributed by atoms with van der Waals surface area (Å²) in [6.07, 6.45) is 0.735. The van der Waals surface area contributed by atoms with Crippen LogP contribution in [0.1, 0.15) is 56.3 Å². The highest BCUT2D eigenvalue weighted by molar-refractivity contribution is 5.90. The summed E-state index contributed by atoms with van der Waals surface area (Å²) in [5.41, 5.74) is 2.08. The number of carbonyl (C=O) groups is 3. The molecular formula is C26H30N2O5. The molecule has 174 valence electrons. The van der Waals surface area contributed by atoms with Crippen molar-refractivity contribution in [3.05, 3.63) is 71.3 Å². The van der Waals surface area contributed by atoms with E-state index in [0.717, 1.165) is 16.7 Å². The lowest BCUT2D eigenvalue weighted by Gasteiger charge is -2.39. The Kier molecular flexibility index (Phi) is 6.15. The number of aliphatic carboxylic acids is 1. The number of fused-ring (bicyclic) bond motifs is 1. The topological polar surface area (TPSA) is 87.2 Å². The zero-order chi connectivity index (χ0) is 23.8. The van der Waals surface area contributed by atoms with Crippen molar-refractivity contribution in [2.24, 2.45) is 0 Å². The van der Waals surface area contributed by atoms with Crippen LogP contribution in [0.15, 0.2) is 54.6 Å². The molecule has 0 saturated carbocycles. The molecule has 1 N–H and O–H groups in total. The normalized spacial score (nSPS) is 22.6. The van der Waals surface area contributed by atoms with Gasteiger partial charge in [-0.2, -0.15) is 0 Å².